The number of nitrogens with one attached hydrogen (secondary N) is 1. The van der Waals surface area contributed by atoms with E-state index in [2.05, 4.69) is 15.2 Å². The predicted molar refractivity (Wildman–Crippen MR) is 81.1 cm³/mol. The van der Waals surface area contributed by atoms with Gasteiger partial charge in [0.15, 0.2) is 0 Å². The SMILES string of the molecule is O=C(CN1CCOCC1)NC(c1ccccn1)C1CC(O)C1. The van der Waals surface area contributed by atoms with Gasteiger partial charge in [-0.3, -0.25) is 14.7 Å². The molecule has 1 unspecified atom stereocenters. The van der Waals surface area contributed by atoms with Gasteiger partial charge in [-0.1, -0.05) is 6.07 Å². The standard InChI is InChI=1S/C16H23N3O3/c20-13-9-12(10-13)16(14-3-1-2-4-17-14)18-15(21)11-19-5-7-22-8-6-19/h1-4,12-13,16,20H,5-11H2,(H,18,21). The lowest BCUT2D eigenvalue weighted by Gasteiger charge is -2.38. The zero-order valence-electron chi connectivity index (χ0n) is 12.6. The fourth-order valence-corrected chi connectivity index (χ4v) is 3.08. The number of aliphatic hydroxyl groups is 1. The smallest absolute Gasteiger partial charge is 0.234 e. The Morgan fingerprint density at radius 1 is 1.41 bits per heavy atom. The van der Waals surface area contributed by atoms with Gasteiger partial charge >= 0.3 is 0 Å². The molecule has 2 aliphatic rings. The quantitative estimate of drug-likeness (QED) is 0.821. The molecule has 1 aromatic heterocycles. The van der Waals surface area contributed by atoms with E-state index >= 15 is 0 Å². The summed E-state index contributed by atoms with van der Waals surface area (Å²) in [4.78, 5) is 18.8. The monoisotopic (exact) mass is 305 g/mol. The zero-order valence-corrected chi connectivity index (χ0v) is 12.6. The third-order valence-electron chi connectivity index (χ3n) is 4.41. The van der Waals surface area contributed by atoms with E-state index in [1.54, 1.807) is 6.20 Å². The van der Waals surface area contributed by atoms with Crippen LogP contribution in [-0.4, -0.2) is 59.8 Å². The van der Waals surface area contributed by atoms with Crippen LogP contribution in [0.15, 0.2) is 24.4 Å². The van der Waals surface area contributed by atoms with Crippen molar-refractivity contribution in [2.24, 2.45) is 5.92 Å². The number of carbonyl (C=O) groups is 1. The highest BCUT2D eigenvalue weighted by atomic mass is 16.5. The maximum atomic E-state index is 12.3. The molecule has 1 atom stereocenters. The second-order valence-electron chi connectivity index (χ2n) is 6.07. The summed E-state index contributed by atoms with van der Waals surface area (Å²) in [5, 5.41) is 12.7. The van der Waals surface area contributed by atoms with Crippen molar-refractivity contribution < 1.29 is 14.6 Å². The summed E-state index contributed by atoms with van der Waals surface area (Å²) in [5.41, 5.74) is 0.870. The molecule has 2 heterocycles. The van der Waals surface area contributed by atoms with E-state index in [9.17, 15) is 9.90 Å². The number of morpholine rings is 1. The molecule has 2 N–H and O–H groups in total. The van der Waals surface area contributed by atoms with Crippen molar-refractivity contribution in [3.8, 4) is 0 Å². The Kier molecular flexibility index (Phi) is 5.02. The van der Waals surface area contributed by atoms with Crippen molar-refractivity contribution in [3.63, 3.8) is 0 Å². The molecular weight excluding hydrogens is 282 g/mol. The Morgan fingerprint density at radius 3 is 2.82 bits per heavy atom. The van der Waals surface area contributed by atoms with Crippen molar-refractivity contribution in [1.29, 1.82) is 0 Å². The van der Waals surface area contributed by atoms with Gasteiger partial charge in [-0.05, 0) is 30.9 Å². The minimum atomic E-state index is -0.243. The lowest BCUT2D eigenvalue weighted by molar-refractivity contribution is -0.125. The van der Waals surface area contributed by atoms with Crippen LogP contribution in [0.1, 0.15) is 24.6 Å². The Balaban J connectivity index is 1.61. The first-order valence-electron chi connectivity index (χ1n) is 7.91. The Hall–Kier alpha value is -1.50. The largest absolute Gasteiger partial charge is 0.393 e. The molecule has 0 bridgehead atoms. The normalized spacial score (nSPS) is 27.0. The second-order valence-corrected chi connectivity index (χ2v) is 6.07. The fraction of sp³-hybridized carbons (Fsp3) is 0.625. The topological polar surface area (TPSA) is 74.7 Å². The summed E-state index contributed by atoms with van der Waals surface area (Å²) in [6.07, 6.45) is 2.94. The first kappa shape index (κ1) is 15.4. The molecule has 1 aliphatic heterocycles. The summed E-state index contributed by atoms with van der Waals surface area (Å²) in [7, 11) is 0. The van der Waals surface area contributed by atoms with E-state index in [0.717, 1.165) is 31.6 Å². The van der Waals surface area contributed by atoms with E-state index in [-0.39, 0.29) is 24.0 Å². The lowest BCUT2D eigenvalue weighted by atomic mass is 9.76. The summed E-state index contributed by atoms with van der Waals surface area (Å²) >= 11 is 0. The third-order valence-corrected chi connectivity index (χ3v) is 4.41. The molecule has 1 saturated heterocycles. The number of ether oxygens (including phenoxy) is 1. The fourth-order valence-electron chi connectivity index (χ4n) is 3.08. The molecule has 3 rings (SSSR count). The number of nitrogens with zero attached hydrogens (tertiary/aromatic N) is 2. The van der Waals surface area contributed by atoms with Crippen molar-refractivity contribution in [2.45, 2.75) is 25.0 Å². The summed E-state index contributed by atoms with van der Waals surface area (Å²) in [6.45, 7) is 3.35. The summed E-state index contributed by atoms with van der Waals surface area (Å²) in [5.74, 6) is 0.275. The molecule has 6 heteroatoms. The number of amides is 1. The molecular formula is C16H23N3O3. The minimum absolute atomic E-state index is 0.0129. The highest BCUT2D eigenvalue weighted by molar-refractivity contribution is 5.78. The maximum Gasteiger partial charge on any atom is 0.234 e. The zero-order chi connectivity index (χ0) is 15.4. The second kappa shape index (κ2) is 7.17. The van der Waals surface area contributed by atoms with E-state index in [0.29, 0.717) is 19.8 Å². The number of aromatic nitrogens is 1. The van der Waals surface area contributed by atoms with Crippen LogP contribution in [0.2, 0.25) is 0 Å². The van der Waals surface area contributed by atoms with E-state index in [1.807, 2.05) is 18.2 Å². The van der Waals surface area contributed by atoms with Crippen LogP contribution in [0.25, 0.3) is 0 Å². The number of hydrogen-bond donors (Lipinski definition) is 2. The van der Waals surface area contributed by atoms with Crippen LogP contribution >= 0.6 is 0 Å². The van der Waals surface area contributed by atoms with Gasteiger partial charge in [0, 0.05) is 19.3 Å². The van der Waals surface area contributed by atoms with E-state index in [4.69, 9.17) is 4.74 Å². The maximum absolute atomic E-state index is 12.3. The van der Waals surface area contributed by atoms with Crippen LogP contribution in [0.3, 0.4) is 0 Å². The average Bonchev–Trinajstić information content (AvgIpc) is 2.52. The molecule has 0 spiro atoms. The highest BCUT2D eigenvalue weighted by Crippen LogP contribution is 2.37. The minimum Gasteiger partial charge on any atom is -0.393 e. The van der Waals surface area contributed by atoms with Gasteiger partial charge < -0.3 is 15.2 Å². The molecule has 120 valence electrons. The molecule has 0 radical (unpaired) electrons. The van der Waals surface area contributed by atoms with E-state index in [1.165, 1.54) is 0 Å². The summed E-state index contributed by atoms with van der Waals surface area (Å²) < 4.78 is 5.30. The number of pyridine rings is 1. The molecule has 2 fully saturated rings. The predicted octanol–water partition coefficient (Wildman–Crippen LogP) is 0.342. The van der Waals surface area contributed by atoms with Gasteiger partial charge in [0.1, 0.15) is 0 Å². The van der Waals surface area contributed by atoms with Crippen LogP contribution in [-0.2, 0) is 9.53 Å². The van der Waals surface area contributed by atoms with Gasteiger partial charge in [0.2, 0.25) is 5.91 Å². The van der Waals surface area contributed by atoms with Gasteiger partial charge in [0.05, 0.1) is 37.6 Å². The molecule has 0 aromatic carbocycles. The molecule has 6 nitrogen and oxygen atoms in total. The lowest BCUT2D eigenvalue weighted by Crippen LogP contribution is -2.47. The average molecular weight is 305 g/mol. The number of hydrogen-bond acceptors (Lipinski definition) is 5. The molecule has 22 heavy (non-hydrogen) atoms. The van der Waals surface area contributed by atoms with Crippen LogP contribution < -0.4 is 5.32 Å². The Bertz CT molecular complexity index is 485. The van der Waals surface area contributed by atoms with Gasteiger partial charge in [0.25, 0.3) is 0 Å². The highest BCUT2D eigenvalue weighted by Gasteiger charge is 2.36. The molecule has 1 aliphatic carbocycles. The van der Waals surface area contributed by atoms with Crippen LogP contribution in [0.4, 0.5) is 0 Å². The molecule has 1 aromatic rings. The number of carbonyl (C=O) groups excluding carboxylic acids is 1. The van der Waals surface area contributed by atoms with Crippen molar-refractivity contribution >= 4 is 5.91 Å². The first-order chi connectivity index (χ1) is 10.7. The van der Waals surface area contributed by atoms with Crippen molar-refractivity contribution in [1.82, 2.24) is 15.2 Å². The van der Waals surface area contributed by atoms with Gasteiger partial charge in [-0.25, -0.2) is 0 Å². The summed E-state index contributed by atoms with van der Waals surface area (Å²) in [6, 6.07) is 5.62. The van der Waals surface area contributed by atoms with E-state index < -0.39 is 0 Å². The number of aliphatic hydroxyl groups excluding tert-OH is 1. The Morgan fingerprint density at radius 2 is 2.18 bits per heavy atom. The molecule has 1 saturated carbocycles. The first-order valence-corrected chi connectivity index (χ1v) is 7.91. The molecule has 1 amide bonds. The van der Waals surface area contributed by atoms with Gasteiger partial charge in [-0.2, -0.15) is 0 Å². The third kappa shape index (κ3) is 3.82. The van der Waals surface area contributed by atoms with Crippen LogP contribution in [0, 0.1) is 5.92 Å². The number of rotatable bonds is 5. The van der Waals surface area contributed by atoms with Crippen molar-refractivity contribution in [3.05, 3.63) is 30.1 Å². The van der Waals surface area contributed by atoms with Crippen molar-refractivity contribution in [2.75, 3.05) is 32.8 Å². The van der Waals surface area contributed by atoms with Gasteiger partial charge in [-0.15, -0.1) is 0 Å². The Labute approximate surface area is 130 Å². The van der Waals surface area contributed by atoms with Crippen LogP contribution in [0.5, 0.6) is 0 Å².